The topological polar surface area (TPSA) is 71.1 Å². The predicted molar refractivity (Wildman–Crippen MR) is 153 cm³/mol. The SMILES string of the molecule is CC(C)(C)OC(=O)NCCCN(CCCN1CCCCCCCCCCCCCC1)C(=O)OC(C)(C)C. The van der Waals surface area contributed by atoms with Crippen LogP contribution in [0.3, 0.4) is 0 Å². The third-order valence-corrected chi connectivity index (χ3v) is 6.53. The molecule has 37 heavy (non-hydrogen) atoms. The Bertz CT molecular complexity index is 597. The molecule has 1 N–H and O–H groups in total. The minimum Gasteiger partial charge on any atom is -0.444 e. The van der Waals surface area contributed by atoms with E-state index in [0.717, 1.165) is 26.1 Å². The molecule has 1 fully saturated rings. The van der Waals surface area contributed by atoms with Crippen LogP contribution in [0.15, 0.2) is 0 Å². The van der Waals surface area contributed by atoms with E-state index < -0.39 is 17.3 Å². The van der Waals surface area contributed by atoms with Crippen molar-refractivity contribution in [1.82, 2.24) is 15.1 Å². The van der Waals surface area contributed by atoms with Gasteiger partial charge in [0.1, 0.15) is 11.2 Å². The fraction of sp³-hybridized carbons (Fsp3) is 0.933. The highest BCUT2D eigenvalue weighted by atomic mass is 16.6. The van der Waals surface area contributed by atoms with E-state index in [2.05, 4.69) is 10.2 Å². The standard InChI is InChI=1S/C30H59N3O4/c1-29(2,3)36-27(34)31-21-19-25-33(28(35)37-30(4,5)6)26-20-24-32-22-17-15-13-11-9-7-8-10-12-14-16-18-23-32/h7-26H2,1-6H3,(H,31,34). The number of ether oxygens (including phenoxy) is 2. The second-order valence-electron chi connectivity index (χ2n) is 12.7. The summed E-state index contributed by atoms with van der Waals surface area (Å²) < 4.78 is 11.0. The van der Waals surface area contributed by atoms with Gasteiger partial charge in [0.15, 0.2) is 0 Å². The molecular formula is C30H59N3O4. The molecular weight excluding hydrogens is 466 g/mol. The summed E-state index contributed by atoms with van der Waals surface area (Å²) in [4.78, 5) is 29.2. The van der Waals surface area contributed by atoms with Gasteiger partial charge in [-0.25, -0.2) is 9.59 Å². The zero-order valence-corrected chi connectivity index (χ0v) is 25.2. The number of nitrogens with one attached hydrogen (secondary N) is 1. The summed E-state index contributed by atoms with van der Waals surface area (Å²) in [6.07, 6.45) is 17.2. The third-order valence-electron chi connectivity index (χ3n) is 6.53. The quantitative estimate of drug-likeness (QED) is 0.332. The van der Waals surface area contributed by atoms with E-state index >= 15 is 0 Å². The van der Waals surface area contributed by atoms with E-state index in [4.69, 9.17) is 9.47 Å². The molecule has 0 unspecified atom stereocenters. The first-order valence-electron chi connectivity index (χ1n) is 15.1. The van der Waals surface area contributed by atoms with Gasteiger partial charge >= 0.3 is 12.2 Å². The monoisotopic (exact) mass is 525 g/mol. The molecule has 0 bridgehead atoms. The predicted octanol–water partition coefficient (Wildman–Crippen LogP) is 7.53. The average Bonchev–Trinajstić information content (AvgIpc) is 2.78. The molecule has 0 aromatic heterocycles. The van der Waals surface area contributed by atoms with E-state index in [1.54, 1.807) is 4.90 Å². The third kappa shape index (κ3) is 20.2. The van der Waals surface area contributed by atoms with Gasteiger partial charge in [-0.05, 0) is 86.9 Å². The maximum Gasteiger partial charge on any atom is 0.410 e. The molecule has 7 nitrogen and oxygen atoms in total. The molecule has 0 aliphatic carbocycles. The molecule has 0 radical (unpaired) electrons. The molecule has 1 aliphatic heterocycles. The first-order valence-corrected chi connectivity index (χ1v) is 15.1. The Hall–Kier alpha value is -1.50. The normalized spacial score (nSPS) is 17.8. The van der Waals surface area contributed by atoms with Crippen LogP contribution < -0.4 is 5.32 Å². The van der Waals surface area contributed by atoms with Crippen molar-refractivity contribution in [3.05, 3.63) is 0 Å². The second-order valence-corrected chi connectivity index (χ2v) is 12.7. The van der Waals surface area contributed by atoms with Crippen LogP contribution in [-0.2, 0) is 9.47 Å². The maximum absolute atomic E-state index is 12.9. The molecule has 0 aromatic carbocycles. The largest absolute Gasteiger partial charge is 0.444 e. The Balaban J connectivity index is 2.54. The van der Waals surface area contributed by atoms with Crippen molar-refractivity contribution in [3.8, 4) is 0 Å². The van der Waals surface area contributed by atoms with E-state index in [0.29, 0.717) is 26.1 Å². The van der Waals surface area contributed by atoms with E-state index in [1.807, 2.05) is 41.5 Å². The molecule has 1 aliphatic rings. The van der Waals surface area contributed by atoms with Crippen molar-refractivity contribution in [2.75, 3.05) is 39.3 Å². The Kier molecular flexibility index (Phi) is 16.9. The van der Waals surface area contributed by atoms with Crippen LogP contribution >= 0.6 is 0 Å². The van der Waals surface area contributed by atoms with Gasteiger partial charge in [0, 0.05) is 19.6 Å². The highest BCUT2D eigenvalue weighted by molar-refractivity contribution is 5.68. The number of nitrogens with zero attached hydrogens (tertiary/aromatic N) is 2. The molecule has 1 saturated heterocycles. The van der Waals surface area contributed by atoms with Crippen LogP contribution in [0.2, 0.25) is 0 Å². The van der Waals surface area contributed by atoms with Gasteiger partial charge in [-0.3, -0.25) is 0 Å². The first-order chi connectivity index (χ1) is 17.5. The summed E-state index contributed by atoms with van der Waals surface area (Å²) >= 11 is 0. The van der Waals surface area contributed by atoms with Gasteiger partial charge in [-0.15, -0.1) is 0 Å². The molecule has 0 atom stereocenters. The molecule has 1 heterocycles. The van der Waals surface area contributed by atoms with Crippen molar-refractivity contribution in [2.45, 2.75) is 143 Å². The number of carbonyl (C=O) groups is 2. The van der Waals surface area contributed by atoms with E-state index in [-0.39, 0.29) is 6.09 Å². The lowest BCUT2D eigenvalue weighted by Crippen LogP contribution is -2.40. The molecule has 0 saturated carbocycles. The van der Waals surface area contributed by atoms with Crippen LogP contribution in [0, 0.1) is 0 Å². The van der Waals surface area contributed by atoms with Crippen molar-refractivity contribution >= 4 is 12.2 Å². The molecule has 1 rings (SSSR count). The molecule has 7 heteroatoms. The van der Waals surface area contributed by atoms with Gasteiger partial charge in [-0.2, -0.15) is 0 Å². The second kappa shape index (κ2) is 18.7. The minimum absolute atomic E-state index is 0.276. The lowest BCUT2D eigenvalue weighted by Gasteiger charge is -2.29. The Morgan fingerprint density at radius 3 is 1.57 bits per heavy atom. The number of alkyl carbamates (subject to hydrolysis) is 1. The van der Waals surface area contributed by atoms with Gasteiger partial charge < -0.3 is 24.6 Å². The number of amides is 2. The maximum atomic E-state index is 12.9. The van der Waals surface area contributed by atoms with Crippen LogP contribution in [-0.4, -0.2) is 72.5 Å². The Morgan fingerprint density at radius 2 is 1.11 bits per heavy atom. The van der Waals surface area contributed by atoms with Crippen LogP contribution in [0.25, 0.3) is 0 Å². The summed E-state index contributed by atoms with van der Waals surface area (Å²) in [7, 11) is 0. The van der Waals surface area contributed by atoms with Crippen molar-refractivity contribution in [2.24, 2.45) is 0 Å². The lowest BCUT2D eigenvalue weighted by atomic mass is 10.1. The van der Waals surface area contributed by atoms with Gasteiger partial charge in [0.2, 0.25) is 0 Å². The number of carbonyl (C=O) groups excluding carboxylic acids is 2. The molecule has 0 aromatic rings. The summed E-state index contributed by atoms with van der Waals surface area (Å²) in [6, 6.07) is 0. The summed E-state index contributed by atoms with van der Waals surface area (Å²) in [6.45, 7) is 16.2. The number of hydrogen-bond donors (Lipinski definition) is 1. The van der Waals surface area contributed by atoms with Crippen LogP contribution in [0.4, 0.5) is 9.59 Å². The fourth-order valence-electron chi connectivity index (χ4n) is 4.65. The summed E-state index contributed by atoms with van der Waals surface area (Å²) in [5.74, 6) is 0. The Labute approximate surface area is 228 Å². The lowest BCUT2D eigenvalue weighted by molar-refractivity contribution is 0.0240. The average molecular weight is 526 g/mol. The van der Waals surface area contributed by atoms with Crippen molar-refractivity contribution < 1.29 is 19.1 Å². The number of rotatable bonds is 8. The van der Waals surface area contributed by atoms with Crippen molar-refractivity contribution in [3.63, 3.8) is 0 Å². The number of hydrogen-bond acceptors (Lipinski definition) is 5. The zero-order chi connectivity index (χ0) is 27.6. The van der Waals surface area contributed by atoms with E-state index in [1.165, 1.54) is 77.0 Å². The van der Waals surface area contributed by atoms with Gasteiger partial charge in [-0.1, -0.05) is 64.2 Å². The van der Waals surface area contributed by atoms with Crippen LogP contribution in [0.1, 0.15) is 131 Å². The molecule has 218 valence electrons. The summed E-state index contributed by atoms with van der Waals surface area (Å²) in [5, 5.41) is 2.79. The minimum atomic E-state index is -0.530. The smallest absolute Gasteiger partial charge is 0.410 e. The van der Waals surface area contributed by atoms with Crippen LogP contribution in [0.5, 0.6) is 0 Å². The fourth-order valence-corrected chi connectivity index (χ4v) is 4.65. The first kappa shape index (κ1) is 33.5. The summed E-state index contributed by atoms with van der Waals surface area (Å²) in [5.41, 5.74) is -1.05. The van der Waals surface area contributed by atoms with E-state index in [9.17, 15) is 9.59 Å². The Morgan fingerprint density at radius 1 is 0.676 bits per heavy atom. The van der Waals surface area contributed by atoms with Gasteiger partial charge in [0.25, 0.3) is 0 Å². The van der Waals surface area contributed by atoms with Crippen molar-refractivity contribution in [1.29, 1.82) is 0 Å². The molecule has 2 amide bonds. The zero-order valence-electron chi connectivity index (χ0n) is 25.2. The highest BCUT2D eigenvalue weighted by Crippen LogP contribution is 2.15. The molecule has 0 spiro atoms. The highest BCUT2D eigenvalue weighted by Gasteiger charge is 2.22. The van der Waals surface area contributed by atoms with Gasteiger partial charge in [0.05, 0.1) is 0 Å².